The van der Waals surface area contributed by atoms with Crippen molar-refractivity contribution in [1.82, 2.24) is 15.1 Å². The molecule has 1 aliphatic carbocycles. The SMILES string of the molecule is CN(C)c1ccc(CNC(=O)c2nn(CC3CC3)c3c2COCC3)cc1. The molecule has 1 aromatic carbocycles. The van der Waals surface area contributed by atoms with E-state index >= 15 is 0 Å². The van der Waals surface area contributed by atoms with Crippen LogP contribution >= 0.6 is 0 Å². The van der Waals surface area contributed by atoms with Crippen LogP contribution in [0.2, 0.25) is 0 Å². The van der Waals surface area contributed by atoms with E-state index in [0.29, 0.717) is 25.5 Å². The van der Waals surface area contributed by atoms with E-state index in [0.717, 1.165) is 35.7 Å². The summed E-state index contributed by atoms with van der Waals surface area (Å²) in [5.41, 5.74) is 4.91. The number of carbonyl (C=O) groups excluding carboxylic acids is 1. The summed E-state index contributed by atoms with van der Waals surface area (Å²) >= 11 is 0. The van der Waals surface area contributed by atoms with Crippen LogP contribution in [0.5, 0.6) is 0 Å². The van der Waals surface area contributed by atoms with Gasteiger partial charge in [-0.1, -0.05) is 12.1 Å². The lowest BCUT2D eigenvalue weighted by atomic mass is 10.1. The van der Waals surface area contributed by atoms with E-state index in [4.69, 9.17) is 4.74 Å². The summed E-state index contributed by atoms with van der Waals surface area (Å²) in [6, 6.07) is 8.20. The lowest BCUT2D eigenvalue weighted by molar-refractivity contribution is 0.0922. The number of ether oxygens (including phenoxy) is 1. The predicted octanol–water partition coefficient (Wildman–Crippen LogP) is 2.36. The van der Waals surface area contributed by atoms with Crippen molar-refractivity contribution in [3.05, 3.63) is 46.8 Å². The predicted molar refractivity (Wildman–Crippen MR) is 100 cm³/mol. The fourth-order valence-corrected chi connectivity index (χ4v) is 3.37. The molecule has 6 heteroatoms. The molecule has 4 rings (SSSR count). The highest BCUT2D eigenvalue weighted by Crippen LogP contribution is 2.32. The van der Waals surface area contributed by atoms with Crippen LogP contribution in [-0.4, -0.2) is 36.4 Å². The van der Waals surface area contributed by atoms with Gasteiger partial charge in [0.1, 0.15) is 0 Å². The lowest BCUT2D eigenvalue weighted by Crippen LogP contribution is -2.25. The number of hydrogen-bond donors (Lipinski definition) is 1. The van der Waals surface area contributed by atoms with Crippen LogP contribution in [0.1, 0.15) is 40.2 Å². The van der Waals surface area contributed by atoms with Gasteiger partial charge in [-0.05, 0) is 36.5 Å². The maximum atomic E-state index is 12.7. The minimum Gasteiger partial charge on any atom is -0.378 e. The minimum absolute atomic E-state index is 0.113. The summed E-state index contributed by atoms with van der Waals surface area (Å²) in [5.74, 6) is 0.617. The van der Waals surface area contributed by atoms with Crippen molar-refractivity contribution in [1.29, 1.82) is 0 Å². The second kappa shape index (κ2) is 7.11. The second-order valence-corrected chi connectivity index (χ2v) is 7.45. The first-order chi connectivity index (χ1) is 12.6. The average Bonchev–Trinajstić information content (AvgIpc) is 3.40. The summed E-state index contributed by atoms with van der Waals surface area (Å²) in [7, 11) is 4.03. The highest BCUT2D eigenvalue weighted by molar-refractivity contribution is 5.94. The zero-order valence-electron chi connectivity index (χ0n) is 15.5. The minimum atomic E-state index is -0.113. The first-order valence-corrected chi connectivity index (χ1v) is 9.32. The molecule has 6 nitrogen and oxygen atoms in total. The highest BCUT2D eigenvalue weighted by atomic mass is 16.5. The number of rotatable bonds is 6. The van der Waals surface area contributed by atoms with E-state index in [1.165, 1.54) is 18.5 Å². The van der Waals surface area contributed by atoms with Crippen molar-refractivity contribution >= 4 is 11.6 Å². The average molecular weight is 354 g/mol. The molecule has 26 heavy (non-hydrogen) atoms. The molecule has 138 valence electrons. The number of fused-ring (bicyclic) bond motifs is 1. The van der Waals surface area contributed by atoms with Gasteiger partial charge >= 0.3 is 0 Å². The molecule has 1 N–H and O–H groups in total. The molecule has 1 aliphatic heterocycles. The van der Waals surface area contributed by atoms with Gasteiger partial charge < -0.3 is 15.0 Å². The van der Waals surface area contributed by atoms with E-state index in [2.05, 4.69) is 32.1 Å². The van der Waals surface area contributed by atoms with E-state index in [-0.39, 0.29) is 5.91 Å². The number of nitrogens with zero attached hydrogens (tertiary/aromatic N) is 3. The van der Waals surface area contributed by atoms with Crippen molar-refractivity contribution in [2.45, 2.75) is 39.0 Å². The van der Waals surface area contributed by atoms with Crippen molar-refractivity contribution in [3.8, 4) is 0 Å². The maximum Gasteiger partial charge on any atom is 0.272 e. The topological polar surface area (TPSA) is 59.4 Å². The van der Waals surface area contributed by atoms with E-state index in [1.54, 1.807) is 0 Å². The molecule has 1 aromatic heterocycles. The number of anilines is 1. The Kier molecular flexibility index (Phi) is 4.68. The molecule has 0 atom stereocenters. The largest absolute Gasteiger partial charge is 0.378 e. The zero-order chi connectivity index (χ0) is 18.1. The molecule has 1 saturated carbocycles. The standard InChI is InChI=1S/C20H26N4O2/c1-23(2)16-7-5-14(6-8-16)11-21-20(25)19-17-13-26-10-9-18(17)24(22-19)12-15-3-4-15/h5-8,15H,3-4,9-13H2,1-2H3,(H,21,25). The van der Waals surface area contributed by atoms with Crippen LogP contribution in [0.15, 0.2) is 24.3 Å². The fraction of sp³-hybridized carbons (Fsp3) is 0.500. The Hall–Kier alpha value is -2.34. The van der Waals surface area contributed by atoms with Gasteiger partial charge in [0.05, 0.1) is 13.2 Å². The molecule has 0 radical (unpaired) electrons. The third-order valence-electron chi connectivity index (χ3n) is 5.15. The van der Waals surface area contributed by atoms with Crippen molar-refractivity contribution in [2.24, 2.45) is 5.92 Å². The number of nitrogens with one attached hydrogen (secondary N) is 1. The molecule has 1 amide bonds. The quantitative estimate of drug-likeness (QED) is 0.865. The normalized spacial score (nSPS) is 16.2. The van der Waals surface area contributed by atoms with Crippen LogP contribution in [0.3, 0.4) is 0 Å². The highest BCUT2D eigenvalue weighted by Gasteiger charge is 2.29. The van der Waals surface area contributed by atoms with Gasteiger partial charge in [-0.2, -0.15) is 5.10 Å². The zero-order valence-corrected chi connectivity index (χ0v) is 15.5. The van der Waals surface area contributed by atoms with E-state index in [9.17, 15) is 4.79 Å². The van der Waals surface area contributed by atoms with Crippen LogP contribution in [0.4, 0.5) is 5.69 Å². The summed E-state index contributed by atoms with van der Waals surface area (Å²) in [5, 5.41) is 7.65. The van der Waals surface area contributed by atoms with Crippen LogP contribution < -0.4 is 10.2 Å². The number of benzene rings is 1. The molecule has 0 spiro atoms. The van der Waals surface area contributed by atoms with Gasteiger partial charge in [0.15, 0.2) is 5.69 Å². The van der Waals surface area contributed by atoms with Gasteiger partial charge in [0.25, 0.3) is 5.91 Å². The molecule has 0 bridgehead atoms. The molecule has 0 unspecified atom stereocenters. The Labute approximate surface area is 154 Å². The third kappa shape index (κ3) is 3.60. The Morgan fingerprint density at radius 2 is 2.08 bits per heavy atom. The molecule has 1 fully saturated rings. The summed E-state index contributed by atoms with van der Waals surface area (Å²) in [4.78, 5) is 14.8. The van der Waals surface area contributed by atoms with Crippen molar-refractivity contribution in [2.75, 3.05) is 25.6 Å². The Morgan fingerprint density at radius 1 is 1.31 bits per heavy atom. The first kappa shape index (κ1) is 17.1. The van der Waals surface area contributed by atoms with Gasteiger partial charge in [0, 0.05) is 50.6 Å². The van der Waals surface area contributed by atoms with Crippen LogP contribution in [0, 0.1) is 5.92 Å². The molecular weight excluding hydrogens is 328 g/mol. The summed E-state index contributed by atoms with van der Waals surface area (Å²) in [6.45, 7) is 2.63. The molecular formula is C20H26N4O2. The number of hydrogen-bond acceptors (Lipinski definition) is 4. The van der Waals surface area contributed by atoms with Gasteiger partial charge in [-0.3, -0.25) is 9.48 Å². The number of carbonyl (C=O) groups is 1. The van der Waals surface area contributed by atoms with E-state index in [1.807, 2.05) is 26.2 Å². The molecule has 2 heterocycles. The molecule has 2 aromatic rings. The van der Waals surface area contributed by atoms with Gasteiger partial charge in [-0.25, -0.2) is 0 Å². The maximum absolute atomic E-state index is 12.7. The fourth-order valence-electron chi connectivity index (χ4n) is 3.37. The first-order valence-electron chi connectivity index (χ1n) is 9.32. The van der Waals surface area contributed by atoms with Crippen LogP contribution in [-0.2, 0) is 30.9 Å². The van der Waals surface area contributed by atoms with Crippen molar-refractivity contribution in [3.63, 3.8) is 0 Å². The Morgan fingerprint density at radius 3 is 2.77 bits per heavy atom. The smallest absolute Gasteiger partial charge is 0.272 e. The number of amides is 1. The summed E-state index contributed by atoms with van der Waals surface area (Å²) < 4.78 is 7.63. The molecule has 2 aliphatic rings. The monoisotopic (exact) mass is 354 g/mol. The molecule has 0 saturated heterocycles. The second-order valence-electron chi connectivity index (χ2n) is 7.45. The lowest BCUT2D eigenvalue weighted by Gasteiger charge is -2.15. The number of aromatic nitrogens is 2. The Balaban J connectivity index is 1.46. The summed E-state index contributed by atoms with van der Waals surface area (Å²) in [6.07, 6.45) is 3.39. The van der Waals surface area contributed by atoms with Crippen LogP contribution in [0.25, 0.3) is 0 Å². The van der Waals surface area contributed by atoms with Gasteiger partial charge in [0.2, 0.25) is 0 Å². The Bertz CT molecular complexity index is 791. The van der Waals surface area contributed by atoms with Gasteiger partial charge in [-0.15, -0.1) is 0 Å². The van der Waals surface area contributed by atoms with E-state index < -0.39 is 0 Å². The third-order valence-corrected chi connectivity index (χ3v) is 5.15. The van der Waals surface area contributed by atoms with Crippen molar-refractivity contribution < 1.29 is 9.53 Å².